The van der Waals surface area contributed by atoms with Crippen LogP contribution in [0.1, 0.15) is 104 Å². The van der Waals surface area contributed by atoms with Crippen LogP contribution in [0, 0.1) is 24.7 Å². The molecule has 0 aliphatic rings. The number of aromatic hydroxyl groups is 2. The first-order chi connectivity index (χ1) is 13.7. The Hall–Kier alpha value is -1.44. The highest BCUT2D eigenvalue weighted by Crippen LogP contribution is 2.28. The van der Waals surface area contributed by atoms with Crippen LogP contribution in [-0.2, 0) is 6.42 Å². The smallest absolute Gasteiger partial charge is 0.122 e. The van der Waals surface area contributed by atoms with Crippen molar-refractivity contribution in [1.29, 1.82) is 0 Å². The van der Waals surface area contributed by atoms with E-state index in [-0.39, 0.29) is 5.75 Å². The third-order valence-corrected chi connectivity index (χ3v) is 6.17. The van der Waals surface area contributed by atoms with Gasteiger partial charge in [0, 0.05) is 5.56 Å². The summed E-state index contributed by atoms with van der Waals surface area (Å²) in [6, 6.07) is 3.27. The number of hydrogen-bond acceptors (Lipinski definition) is 2. The van der Waals surface area contributed by atoms with E-state index in [1.807, 2.05) is 6.92 Å². The van der Waals surface area contributed by atoms with Crippen molar-refractivity contribution in [1.82, 2.24) is 0 Å². The van der Waals surface area contributed by atoms with Gasteiger partial charge in [0.1, 0.15) is 11.5 Å². The van der Waals surface area contributed by atoms with Crippen molar-refractivity contribution in [3.8, 4) is 11.5 Å². The number of benzene rings is 1. The zero-order valence-corrected chi connectivity index (χ0v) is 19.9. The van der Waals surface area contributed by atoms with E-state index in [4.69, 9.17) is 0 Å². The summed E-state index contributed by atoms with van der Waals surface area (Å²) in [5.74, 6) is 3.06. The van der Waals surface area contributed by atoms with Crippen molar-refractivity contribution in [2.45, 2.75) is 106 Å². The van der Waals surface area contributed by atoms with Crippen LogP contribution < -0.4 is 0 Å². The summed E-state index contributed by atoms with van der Waals surface area (Å²) >= 11 is 0. The third-order valence-electron chi connectivity index (χ3n) is 6.17. The number of rotatable bonds is 14. The lowest BCUT2D eigenvalue weighted by atomic mass is 9.91. The Morgan fingerprint density at radius 2 is 1.41 bits per heavy atom. The Kier molecular flexibility index (Phi) is 12.1. The molecule has 0 radical (unpaired) electrons. The summed E-state index contributed by atoms with van der Waals surface area (Å²) in [4.78, 5) is 0. The van der Waals surface area contributed by atoms with Crippen LogP contribution in [0.2, 0.25) is 0 Å². The average molecular weight is 403 g/mol. The van der Waals surface area contributed by atoms with Gasteiger partial charge < -0.3 is 10.2 Å². The third kappa shape index (κ3) is 11.4. The molecule has 2 atom stereocenters. The Morgan fingerprint density at radius 3 is 2.00 bits per heavy atom. The molecule has 0 saturated carbocycles. The van der Waals surface area contributed by atoms with Gasteiger partial charge in [-0.1, -0.05) is 84.3 Å². The van der Waals surface area contributed by atoms with E-state index in [9.17, 15) is 10.2 Å². The fraction of sp³-hybridized carbons (Fsp3) is 0.704. The van der Waals surface area contributed by atoms with E-state index >= 15 is 0 Å². The molecule has 2 heteroatoms. The van der Waals surface area contributed by atoms with Gasteiger partial charge in [-0.25, -0.2) is 0 Å². The Labute approximate surface area is 180 Å². The summed E-state index contributed by atoms with van der Waals surface area (Å²) in [6.07, 6.45) is 14.8. The number of allylic oxidation sites excluding steroid dienone is 2. The van der Waals surface area contributed by atoms with Gasteiger partial charge in [0.05, 0.1) is 0 Å². The molecule has 0 amide bonds. The molecule has 0 heterocycles. The molecule has 2 N–H and O–H groups in total. The number of phenolic OH excluding ortho intramolecular Hbond substituents is 2. The van der Waals surface area contributed by atoms with E-state index in [1.165, 1.54) is 56.9 Å². The maximum absolute atomic E-state index is 10.1. The standard InChI is InChI=1S/C27H46O2/c1-20(2)10-7-11-21(3)12-8-13-22(4)14-9-15-23(5)16-17-25-19-26(28)18-24(6)27(25)29/h16,18-22,28-29H,7-15,17H2,1-6H3. The summed E-state index contributed by atoms with van der Waals surface area (Å²) < 4.78 is 0. The fourth-order valence-electron chi connectivity index (χ4n) is 4.08. The monoisotopic (exact) mass is 402 g/mol. The predicted molar refractivity (Wildman–Crippen MR) is 127 cm³/mol. The van der Waals surface area contributed by atoms with Crippen molar-refractivity contribution in [2.24, 2.45) is 17.8 Å². The molecular weight excluding hydrogens is 356 g/mol. The van der Waals surface area contributed by atoms with Crippen LogP contribution in [-0.4, -0.2) is 10.2 Å². The van der Waals surface area contributed by atoms with Crippen LogP contribution in [0.3, 0.4) is 0 Å². The molecule has 0 saturated heterocycles. The number of hydrogen-bond donors (Lipinski definition) is 2. The normalized spacial score (nSPS) is 14.4. The van der Waals surface area contributed by atoms with Gasteiger partial charge in [0.15, 0.2) is 0 Å². The molecule has 2 nitrogen and oxygen atoms in total. The second-order valence-electron chi connectivity index (χ2n) is 9.88. The second kappa shape index (κ2) is 13.7. The van der Waals surface area contributed by atoms with Crippen molar-refractivity contribution in [2.75, 3.05) is 0 Å². The first-order valence-electron chi connectivity index (χ1n) is 11.9. The van der Waals surface area contributed by atoms with Crippen LogP contribution in [0.15, 0.2) is 23.8 Å². The van der Waals surface area contributed by atoms with Crippen molar-refractivity contribution in [3.63, 3.8) is 0 Å². The molecule has 0 aliphatic carbocycles. The Bertz CT molecular complexity index is 615. The molecular formula is C27H46O2. The van der Waals surface area contributed by atoms with Gasteiger partial charge in [0.25, 0.3) is 0 Å². The lowest BCUT2D eigenvalue weighted by molar-refractivity contribution is 0.389. The van der Waals surface area contributed by atoms with Crippen LogP contribution in [0.5, 0.6) is 11.5 Å². The topological polar surface area (TPSA) is 40.5 Å². The summed E-state index contributed by atoms with van der Waals surface area (Å²) in [5, 5.41) is 19.9. The van der Waals surface area contributed by atoms with Gasteiger partial charge in [0.2, 0.25) is 0 Å². The van der Waals surface area contributed by atoms with E-state index in [2.05, 4.69) is 40.7 Å². The Morgan fingerprint density at radius 1 is 0.862 bits per heavy atom. The lowest BCUT2D eigenvalue weighted by Crippen LogP contribution is -2.00. The molecule has 1 aromatic carbocycles. The zero-order valence-electron chi connectivity index (χ0n) is 19.9. The predicted octanol–water partition coefficient (Wildman–Crippen LogP) is 8.33. The van der Waals surface area contributed by atoms with Gasteiger partial charge in [-0.3, -0.25) is 0 Å². The minimum Gasteiger partial charge on any atom is -0.508 e. The first kappa shape index (κ1) is 25.6. The fourth-order valence-corrected chi connectivity index (χ4v) is 4.08. The largest absolute Gasteiger partial charge is 0.508 e. The van der Waals surface area contributed by atoms with Gasteiger partial charge in [-0.05, 0) is 68.6 Å². The highest BCUT2D eigenvalue weighted by Gasteiger charge is 2.08. The van der Waals surface area contributed by atoms with E-state index in [1.54, 1.807) is 12.1 Å². The van der Waals surface area contributed by atoms with Crippen molar-refractivity contribution < 1.29 is 10.2 Å². The molecule has 2 unspecified atom stereocenters. The SMILES string of the molecule is CC(=CCc1cc(O)cc(C)c1O)CCCC(C)CCCC(C)CCCC(C)C. The lowest BCUT2D eigenvalue weighted by Gasteiger charge is -2.15. The number of aryl methyl sites for hydroxylation is 1. The zero-order chi connectivity index (χ0) is 21.8. The molecule has 0 fully saturated rings. The quantitative estimate of drug-likeness (QED) is 0.242. The van der Waals surface area contributed by atoms with Gasteiger partial charge in [-0.15, -0.1) is 0 Å². The van der Waals surface area contributed by atoms with Crippen LogP contribution in [0.4, 0.5) is 0 Å². The molecule has 29 heavy (non-hydrogen) atoms. The van der Waals surface area contributed by atoms with Crippen LogP contribution in [0.25, 0.3) is 0 Å². The Balaban J connectivity index is 2.21. The number of phenols is 2. The van der Waals surface area contributed by atoms with E-state index in [0.717, 1.165) is 35.3 Å². The second-order valence-corrected chi connectivity index (χ2v) is 9.88. The summed E-state index contributed by atoms with van der Waals surface area (Å²) in [7, 11) is 0. The van der Waals surface area contributed by atoms with Crippen LogP contribution >= 0.6 is 0 Å². The summed E-state index contributed by atoms with van der Waals surface area (Å²) in [6.45, 7) is 13.5. The minimum atomic E-state index is 0.226. The van der Waals surface area contributed by atoms with Crippen molar-refractivity contribution in [3.05, 3.63) is 34.9 Å². The maximum atomic E-state index is 10.1. The molecule has 0 aliphatic heterocycles. The first-order valence-corrected chi connectivity index (χ1v) is 11.9. The summed E-state index contributed by atoms with van der Waals surface area (Å²) in [5.41, 5.74) is 2.91. The molecule has 0 bridgehead atoms. The van der Waals surface area contributed by atoms with Gasteiger partial charge in [-0.2, -0.15) is 0 Å². The molecule has 0 aromatic heterocycles. The van der Waals surface area contributed by atoms with Gasteiger partial charge >= 0.3 is 0 Å². The average Bonchev–Trinajstić information content (AvgIpc) is 2.63. The molecule has 166 valence electrons. The minimum absolute atomic E-state index is 0.226. The highest BCUT2D eigenvalue weighted by atomic mass is 16.3. The highest BCUT2D eigenvalue weighted by molar-refractivity contribution is 5.46. The van der Waals surface area contributed by atoms with Crippen molar-refractivity contribution >= 4 is 0 Å². The molecule has 1 aromatic rings. The molecule has 0 spiro atoms. The maximum Gasteiger partial charge on any atom is 0.122 e. The van der Waals surface area contributed by atoms with E-state index in [0.29, 0.717) is 12.2 Å². The molecule has 1 rings (SSSR count). The van der Waals surface area contributed by atoms with E-state index < -0.39 is 0 Å².